The Morgan fingerprint density at radius 1 is 1.22 bits per heavy atom. The molecule has 0 aromatic heterocycles. The predicted molar refractivity (Wildman–Crippen MR) is 71.6 cm³/mol. The molecule has 2 atom stereocenters. The molecule has 2 aliphatic heterocycles. The molecule has 18 heavy (non-hydrogen) atoms. The van der Waals surface area contributed by atoms with Gasteiger partial charge < -0.3 is 15.5 Å². The summed E-state index contributed by atoms with van der Waals surface area (Å²) in [6.45, 7) is 5.92. The molecule has 2 aliphatic rings. The maximum absolute atomic E-state index is 12.1. The number of anilines is 1. The van der Waals surface area contributed by atoms with Gasteiger partial charge in [0.25, 0.3) is 0 Å². The van der Waals surface area contributed by atoms with Gasteiger partial charge in [-0.2, -0.15) is 0 Å². The van der Waals surface area contributed by atoms with Gasteiger partial charge in [-0.05, 0) is 30.9 Å². The van der Waals surface area contributed by atoms with E-state index in [9.17, 15) is 4.79 Å². The van der Waals surface area contributed by atoms with Crippen molar-refractivity contribution in [2.75, 3.05) is 31.5 Å². The number of rotatable bonds is 1. The molecule has 2 amide bonds. The SMILES string of the molecule is Cc1ccc(NC(=O)N2C[C@H]3CNC[C@H]3C2)cc1. The largest absolute Gasteiger partial charge is 0.324 e. The average molecular weight is 245 g/mol. The van der Waals surface area contributed by atoms with Crippen molar-refractivity contribution in [1.29, 1.82) is 0 Å². The van der Waals surface area contributed by atoms with E-state index in [1.807, 2.05) is 36.1 Å². The lowest BCUT2D eigenvalue weighted by atomic mass is 10.0. The maximum Gasteiger partial charge on any atom is 0.321 e. The molecule has 4 heteroatoms. The van der Waals surface area contributed by atoms with Crippen molar-refractivity contribution >= 4 is 11.7 Å². The number of urea groups is 1. The Morgan fingerprint density at radius 3 is 2.44 bits per heavy atom. The first-order valence-corrected chi connectivity index (χ1v) is 6.55. The molecule has 0 bridgehead atoms. The predicted octanol–water partition coefficient (Wildman–Crippen LogP) is 1.68. The average Bonchev–Trinajstić information content (AvgIpc) is 2.92. The smallest absolute Gasteiger partial charge is 0.321 e. The van der Waals surface area contributed by atoms with Crippen LogP contribution in [0.25, 0.3) is 0 Å². The number of fused-ring (bicyclic) bond motifs is 1. The zero-order valence-corrected chi connectivity index (χ0v) is 10.6. The summed E-state index contributed by atoms with van der Waals surface area (Å²) < 4.78 is 0. The fourth-order valence-electron chi connectivity index (χ4n) is 2.86. The second-order valence-corrected chi connectivity index (χ2v) is 5.38. The molecule has 96 valence electrons. The van der Waals surface area contributed by atoms with Crippen molar-refractivity contribution in [3.05, 3.63) is 29.8 Å². The summed E-state index contributed by atoms with van der Waals surface area (Å²) in [6, 6.07) is 7.96. The van der Waals surface area contributed by atoms with E-state index < -0.39 is 0 Å². The van der Waals surface area contributed by atoms with Gasteiger partial charge in [0.15, 0.2) is 0 Å². The summed E-state index contributed by atoms with van der Waals surface area (Å²) in [4.78, 5) is 14.1. The number of likely N-dealkylation sites (tertiary alicyclic amines) is 1. The van der Waals surface area contributed by atoms with Crippen molar-refractivity contribution in [3.63, 3.8) is 0 Å². The topological polar surface area (TPSA) is 44.4 Å². The highest BCUT2D eigenvalue weighted by Gasteiger charge is 2.37. The lowest BCUT2D eigenvalue weighted by molar-refractivity contribution is 0.219. The van der Waals surface area contributed by atoms with Gasteiger partial charge in [-0.15, -0.1) is 0 Å². The first kappa shape index (κ1) is 11.5. The van der Waals surface area contributed by atoms with Gasteiger partial charge in [-0.25, -0.2) is 4.79 Å². The van der Waals surface area contributed by atoms with Crippen LogP contribution in [-0.4, -0.2) is 37.1 Å². The number of benzene rings is 1. The third-order valence-corrected chi connectivity index (χ3v) is 3.98. The van der Waals surface area contributed by atoms with E-state index in [1.54, 1.807) is 0 Å². The van der Waals surface area contributed by atoms with Crippen LogP contribution in [-0.2, 0) is 0 Å². The minimum absolute atomic E-state index is 0.0354. The summed E-state index contributed by atoms with van der Waals surface area (Å²) in [7, 11) is 0. The summed E-state index contributed by atoms with van der Waals surface area (Å²) in [5, 5.41) is 6.35. The molecule has 1 aromatic carbocycles. The molecule has 0 unspecified atom stereocenters. The third-order valence-electron chi connectivity index (χ3n) is 3.98. The Bertz CT molecular complexity index is 431. The van der Waals surface area contributed by atoms with Gasteiger partial charge in [-0.3, -0.25) is 0 Å². The van der Waals surface area contributed by atoms with Gasteiger partial charge in [-0.1, -0.05) is 17.7 Å². The molecule has 0 aliphatic carbocycles. The quantitative estimate of drug-likeness (QED) is 0.790. The normalized spacial score (nSPS) is 26.2. The fourth-order valence-corrected chi connectivity index (χ4v) is 2.86. The van der Waals surface area contributed by atoms with E-state index >= 15 is 0 Å². The molecule has 2 N–H and O–H groups in total. The minimum atomic E-state index is 0.0354. The molecular weight excluding hydrogens is 226 g/mol. The first-order valence-electron chi connectivity index (χ1n) is 6.55. The highest BCUT2D eigenvalue weighted by Crippen LogP contribution is 2.26. The number of carbonyl (C=O) groups is 1. The van der Waals surface area contributed by atoms with Crippen LogP contribution < -0.4 is 10.6 Å². The van der Waals surface area contributed by atoms with E-state index in [0.29, 0.717) is 11.8 Å². The number of nitrogens with one attached hydrogen (secondary N) is 2. The molecule has 0 radical (unpaired) electrons. The zero-order valence-electron chi connectivity index (χ0n) is 10.6. The zero-order chi connectivity index (χ0) is 12.5. The van der Waals surface area contributed by atoms with Crippen LogP contribution in [0.1, 0.15) is 5.56 Å². The minimum Gasteiger partial charge on any atom is -0.324 e. The molecule has 4 nitrogen and oxygen atoms in total. The summed E-state index contributed by atoms with van der Waals surface area (Å²) >= 11 is 0. The fraction of sp³-hybridized carbons (Fsp3) is 0.500. The number of hydrogen-bond donors (Lipinski definition) is 2. The van der Waals surface area contributed by atoms with Crippen LogP contribution in [0, 0.1) is 18.8 Å². The number of nitrogens with zero attached hydrogens (tertiary/aromatic N) is 1. The van der Waals surface area contributed by atoms with Gasteiger partial charge in [0, 0.05) is 31.9 Å². The van der Waals surface area contributed by atoms with Crippen molar-refractivity contribution in [1.82, 2.24) is 10.2 Å². The van der Waals surface area contributed by atoms with E-state index in [-0.39, 0.29) is 6.03 Å². The highest BCUT2D eigenvalue weighted by molar-refractivity contribution is 5.89. The van der Waals surface area contributed by atoms with E-state index in [4.69, 9.17) is 0 Å². The second kappa shape index (κ2) is 4.61. The second-order valence-electron chi connectivity index (χ2n) is 5.38. The first-order chi connectivity index (χ1) is 8.72. The molecule has 3 rings (SSSR count). The number of carbonyl (C=O) groups excluding carboxylic acids is 1. The molecule has 0 saturated carbocycles. The molecule has 1 aromatic rings. The Morgan fingerprint density at radius 2 is 1.83 bits per heavy atom. The van der Waals surface area contributed by atoms with Crippen LogP contribution in [0.3, 0.4) is 0 Å². The Kier molecular flexibility index (Phi) is 2.96. The standard InChI is InChI=1S/C14H19N3O/c1-10-2-4-13(5-3-10)16-14(18)17-8-11-6-15-7-12(11)9-17/h2-5,11-12,15H,6-9H2,1H3,(H,16,18)/t11-,12+. The maximum atomic E-state index is 12.1. The van der Waals surface area contributed by atoms with Crippen LogP contribution in [0.2, 0.25) is 0 Å². The Labute approximate surface area is 107 Å². The summed E-state index contributed by atoms with van der Waals surface area (Å²) in [5.41, 5.74) is 2.08. The molecule has 0 spiro atoms. The number of amides is 2. The van der Waals surface area contributed by atoms with Gasteiger partial charge in [0.2, 0.25) is 0 Å². The molecule has 2 saturated heterocycles. The highest BCUT2D eigenvalue weighted by atomic mass is 16.2. The monoisotopic (exact) mass is 245 g/mol. The third kappa shape index (κ3) is 2.20. The van der Waals surface area contributed by atoms with Crippen LogP contribution in [0.15, 0.2) is 24.3 Å². The van der Waals surface area contributed by atoms with E-state index in [1.165, 1.54) is 5.56 Å². The van der Waals surface area contributed by atoms with Crippen molar-refractivity contribution in [2.45, 2.75) is 6.92 Å². The molecule has 2 heterocycles. The van der Waals surface area contributed by atoms with Crippen LogP contribution in [0.4, 0.5) is 10.5 Å². The van der Waals surface area contributed by atoms with Gasteiger partial charge in [0.1, 0.15) is 0 Å². The number of hydrogen-bond acceptors (Lipinski definition) is 2. The van der Waals surface area contributed by atoms with Crippen molar-refractivity contribution < 1.29 is 4.79 Å². The Hall–Kier alpha value is -1.55. The number of aryl methyl sites for hydroxylation is 1. The summed E-state index contributed by atoms with van der Waals surface area (Å²) in [6.07, 6.45) is 0. The summed E-state index contributed by atoms with van der Waals surface area (Å²) in [5.74, 6) is 1.29. The van der Waals surface area contributed by atoms with E-state index in [2.05, 4.69) is 10.6 Å². The lowest BCUT2D eigenvalue weighted by Gasteiger charge is -2.18. The van der Waals surface area contributed by atoms with Gasteiger partial charge >= 0.3 is 6.03 Å². The van der Waals surface area contributed by atoms with Gasteiger partial charge in [0.05, 0.1) is 0 Å². The Balaban J connectivity index is 1.60. The lowest BCUT2D eigenvalue weighted by Crippen LogP contribution is -2.35. The van der Waals surface area contributed by atoms with Crippen LogP contribution >= 0.6 is 0 Å². The molecule has 2 fully saturated rings. The van der Waals surface area contributed by atoms with Crippen LogP contribution in [0.5, 0.6) is 0 Å². The van der Waals surface area contributed by atoms with Crippen molar-refractivity contribution in [2.24, 2.45) is 11.8 Å². The van der Waals surface area contributed by atoms with E-state index in [0.717, 1.165) is 31.9 Å². The molecular formula is C14H19N3O. The van der Waals surface area contributed by atoms with Crippen molar-refractivity contribution in [3.8, 4) is 0 Å².